The average molecular weight is 308 g/mol. The van der Waals surface area contributed by atoms with Gasteiger partial charge < -0.3 is 20.5 Å². The van der Waals surface area contributed by atoms with Crippen molar-refractivity contribution in [1.82, 2.24) is 10.6 Å². The first kappa shape index (κ1) is 17.6. The SMILES string of the molecule is COC(CNC(=O)c1ccc(C(=O)NC(C)C)cc1)C(=O)O. The van der Waals surface area contributed by atoms with Crippen LogP contribution >= 0.6 is 0 Å². The number of rotatable bonds is 7. The van der Waals surface area contributed by atoms with Crippen molar-refractivity contribution in [2.45, 2.75) is 26.0 Å². The van der Waals surface area contributed by atoms with Crippen LogP contribution in [0.1, 0.15) is 34.6 Å². The molecule has 0 aliphatic carbocycles. The monoisotopic (exact) mass is 308 g/mol. The highest BCUT2D eigenvalue weighted by Crippen LogP contribution is 2.05. The Morgan fingerprint density at radius 3 is 2.00 bits per heavy atom. The predicted molar refractivity (Wildman–Crippen MR) is 79.8 cm³/mol. The molecule has 0 aromatic heterocycles. The maximum atomic E-state index is 11.9. The maximum absolute atomic E-state index is 11.9. The lowest BCUT2D eigenvalue weighted by molar-refractivity contribution is -0.148. The average Bonchev–Trinajstić information content (AvgIpc) is 2.46. The predicted octanol–water partition coefficient (Wildman–Crippen LogP) is 0.654. The molecule has 2 amide bonds. The minimum atomic E-state index is -1.15. The van der Waals surface area contributed by atoms with Crippen molar-refractivity contribution in [3.8, 4) is 0 Å². The molecule has 0 aliphatic heterocycles. The number of methoxy groups -OCH3 is 1. The molecule has 1 rings (SSSR count). The number of benzene rings is 1. The van der Waals surface area contributed by atoms with Gasteiger partial charge in [-0.25, -0.2) is 4.79 Å². The second kappa shape index (κ2) is 8.14. The van der Waals surface area contributed by atoms with E-state index in [1.54, 1.807) is 0 Å². The van der Waals surface area contributed by atoms with Gasteiger partial charge in [-0.05, 0) is 38.1 Å². The van der Waals surface area contributed by atoms with Crippen LogP contribution in [-0.4, -0.2) is 48.7 Å². The zero-order valence-corrected chi connectivity index (χ0v) is 12.8. The molecule has 0 fully saturated rings. The Bertz CT molecular complexity index is 539. The molecule has 1 aromatic rings. The molecule has 7 nitrogen and oxygen atoms in total. The van der Waals surface area contributed by atoms with E-state index in [2.05, 4.69) is 10.6 Å². The minimum absolute atomic E-state index is 0.0254. The van der Waals surface area contributed by atoms with Gasteiger partial charge >= 0.3 is 5.97 Å². The van der Waals surface area contributed by atoms with Gasteiger partial charge in [0.25, 0.3) is 11.8 Å². The largest absolute Gasteiger partial charge is 0.479 e. The fraction of sp³-hybridized carbons (Fsp3) is 0.400. The van der Waals surface area contributed by atoms with Crippen molar-refractivity contribution >= 4 is 17.8 Å². The zero-order valence-electron chi connectivity index (χ0n) is 12.8. The molecule has 0 saturated carbocycles. The third-order valence-electron chi connectivity index (χ3n) is 2.84. The summed E-state index contributed by atoms with van der Waals surface area (Å²) in [6.45, 7) is 3.57. The summed E-state index contributed by atoms with van der Waals surface area (Å²) < 4.78 is 4.72. The highest BCUT2D eigenvalue weighted by Gasteiger charge is 2.17. The van der Waals surface area contributed by atoms with Crippen molar-refractivity contribution in [2.75, 3.05) is 13.7 Å². The molecule has 22 heavy (non-hydrogen) atoms. The number of ether oxygens (including phenoxy) is 1. The van der Waals surface area contributed by atoms with E-state index < -0.39 is 18.0 Å². The van der Waals surface area contributed by atoms with E-state index in [1.807, 2.05) is 13.8 Å². The molecule has 0 heterocycles. The lowest BCUT2D eigenvalue weighted by atomic mass is 10.1. The lowest BCUT2D eigenvalue weighted by Crippen LogP contribution is -2.37. The van der Waals surface area contributed by atoms with Gasteiger partial charge in [-0.15, -0.1) is 0 Å². The second-order valence-electron chi connectivity index (χ2n) is 4.98. The molecule has 0 saturated heterocycles. The first-order chi connectivity index (χ1) is 10.3. The van der Waals surface area contributed by atoms with Crippen LogP contribution in [-0.2, 0) is 9.53 Å². The summed E-state index contributed by atoms with van der Waals surface area (Å²) in [6, 6.07) is 6.12. The van der Waals surface area contributed by atoms with Gasteiger partial charge in [0.05, 0.1) is 6.54 Å². The molecule has 7 heteroatoms. The molecular formula is C15H20N2O5. The van der Waals surface area contributed by atoms with E-state index >= 15 is 0 Å². The number of amides is 2. The number of hydrogen-bond donors (Lipinski definition) is 3. The summed E-state index contributed by atoms with van der Waals surface area (Å²) in [7, 11) is 1.26. The van der Waals surface area contributed by atoms with E-state index in [1.165, 1.54) is 31.4 Å². The van der Waals surface area contributed by atoms with Gasteiger partial charge in [-0.3, -0.25) is 9.59 Å². The molecule has 0 spiro atoms. The summed E-state index contributed by atoms with van der Waals surface area (Å²) in [6.07, 6.45) is -1.10. The minimum Gasteiger partial charge on any atom is -0.479 e. The van der Waals surface area contributed by atoms with E-state index in [4.69, 9.17) is 9.84 Å². The van der Waals surface area contributed by atoms with Gasteiger partial charge in [0.1, 0.15) is 0 Å². The van der Waals surface area contributed by atoms with E-state index in [0.29, 0.717) is 11.1 Å². The summed E-state index contributed by atoms with van der Waals surface area (Å²) >= 11 is 0. The molecule has 1 aromatic carbocycles. The second-order valence-corrected chi connectivity index (χ2v) is 4.98. The Balaban J connectivity index is 2.64. The third kappa shape index (κ3) is 5.17. The van der Waals surface area contributed by atoms with Gasteiger partial charge in [-0.2, -0.15) is 0 Å². The van der Waals surface area contributed by atoms with Crippen LogP contribution in [0.25, 0.3) is 0 Å². The van der Waals surface area contributed by atoms with Crippen molar-refractivity contribution in [1.29, 1.82) is 0 Å². The number of carbonyl (C=O) groups excluding carboxylic acids is 2. The first-order valence-electron chi connectivity index (χ1n) is 6.80. The summed E-state index contributed by atoms with van der Waals surface area (Å²) in [5, 5.41) is 14.0. The van der Waals surface area contributed by atoms with E-state index in [0.717, 1.165) is 0 Å². The van der Waals surface area contributed by atoms with Crippen LogP contribution < -0.4 is 10.6 Å². The number of carboxylic acids is 1. The summed E-state index contributed by atoms with van der Waals surface area (Å²) in [5.41, 5.74) is 0.784. The summed E-state index contributed by atoms with van der Waals surface area (Å²) in [4.78, 5) is 34.4. The molecule has 120 valence electrons. The van der Waals surface area contributed by atoms with E-state index in [-0.39, 0.29) is 18.5 Å². The van der Waals surface area contributed by atoms with Crippen molar-refractivity contribution in [2.24, 2.45) is 0 Å². The normalized spacial score (nSPS) is 11.8. The quantitative estimate of drug-likeness (QED) is 0.686. The third-order valence-corrected chi connectivity index (χ3v) is 2.84. The van der Waals surface area contributed by atoms with Gasteiger partial charge in [0.2, 0.25) is 0 Å². The summed E-state index contributed by atoms with van der Waals surface area (Å²) in [5.74, 6) is -1.80. The highest BCUT2D eigenvalue weighted by atomic mass is 16.5. The Kier molecular flexibility index (Phi) is 6.52. The lowest BCUT2D eigenvalue weighted by Gasteiger charge is -2.12. The highest BCUT2D eigenvalue weighted by molar-refractivity contribution is 5.98. The van der Waals surface area contributed by atoms with Gasteiger partial charge in [-0.1, -0.05) is 0 Å². The molecule has 1 atom stereocenters. The Labute approximate surface area is 128 Å². The van der Waals surface area contributed by atoms with Crippen LogP contribution in [0.15, 0.2) is 24.3 Å². The molecule has 0 radical (unpaired) electrons. The van der Waals surface area contributed by atoms with Crippen molar-refractivity contribution in [3.63, 3.8) is 0 Å². The van der Waals surface area contributed by atoms with Crippen molar-refractivity contribution < 1.29 is 24.2 Å². The number of aliphatic carboxylic acids is 1. The maximum Gasteiger partial charge on any atom is 0.334 e. The molecule has 0 aliphatic rings. The number of carbonyl (C=O) groups is 3. The number of nitrogens with one attached hydrogen (secondary N) is 2. The van der Waals surface area contributed by atoms with Crippen LogP contribution in [0.2, 0.25) is 0 Å². The zero-order chi connectivity index (χ0) is 16.7. The van der Waals surface area contributed by atoms with Crippen LogP contribution in [0, 0.1) is 0 Å². The fourth-order valence-electron chi connectivity index (χ4n) is 1.68. The first-order valence-corrected chi connectivity index (χ1v) is 6.80. The topological polar surface area (TPSA) is 105 Å². The Hall–Kier alpha value is -2.41. The smallest absolute Gasteiger partial charge is 0.334 e. The molecule has 1 unspecified atom stereocenters. The van der Waals surface area contributed by atoms with Crippen LogP contribution in [0.5, 0.6) is 0 Å². The molecule has 3 N–H and O–H groups in total. The number of carboxylic acid groups (broad SMARTS) is 1. The number of hydrogen-bond acceptors (Lipinski definition) is 4. The standard InChI is InChI=1S/C15H20N2O5/c1-9(2)17-14(19)11-6-4-10(5-7-11)13(18)16-8-12(22-3)15(20)21/h4-7,9,12H,8H2,1-3H3,(H,16,18)(H,17,19)(H,20,21). The van der Waals surface area contributed by atoms with Gasteiger partial charge in [0.15, 0.2) is 6.10 Å². The Morgan fingerprint density at radius 2 is 1.59 bits per heavy atom. The molecular weight excluding hydrogens is 288 g/mol. The van der Waals surface area contributed by atoms with Crippen molar-refractivity contribution in [3.05, 3.63) is 35.4 Å². The van der Waals surface area contributed by atoms with Gasteiger partial charge in [0, 0.05) is 24.3 Å². The van der Waals surface area contributed by atoms with Crippen LogP contribution in [0.4, 0.5) is 0 Å². The fourth-order valence-corrected chi connectivity index (χ4v) is 1.68. The van der Waals surface area contributed by atoms with E-state index in [9.17, 15) is 14.4 Å². The molecule has 0 bridgehead atoms. The van der Waals surface area contributed by atoms with Crippen LogP contribution in [0.3, 0.4) is 0 Å². The Morgan fingerprint density at radius 1 is 1.09 bits per heavy atom.